The van der Waals surface area contributed by atoms with Gasteiger partial charge in [0, 0.05) is 5.56 Å². The lowest BCUT2D eigenvalue weighted by Crippen LogP contribution is -2.34. The third-order valence-electron chi connectivity index (χ3n) is 4.33. The van der Waals surface area contributed by atoms with E-state index in [1.54, 1.807) is 13.0 Å². The molecule has 0 spiro atoms. The number of carbonyl (C=O) groups is 2. The molecule has 0 radical (unpaired) electrons. The van der Waals surface area contributed by atoms with Crippen molar-refractivity contribution in [2.24, 2.45) is 0 Å². The van der Waals surface area contributed by atoms with E-state index < -0.39 is 57.6 Å². The molecule has 0 saturated carbocycles. The monoisotopic (exact) mass is 564 g/mol. The van der Waals surface area contributed by atoms with Crippen molar-refractivity contribution in [1.82, 2.24) is 5.06 Å². The number of hydroxylamine groups is 2. The maximum absolute atomic E-state index is 13.7. The van der Waals surface area contributed by atoms with Gasteiger partial charge in [0.15, 0.2) is 5.75 Å². The van der Waals surface area contributed by atoms with Crippen molar-refractivity contribution in [3.63, 3.8) is 0 Å². The smallest absolute Gasteiger partial charge is 0.454 e. The van der Waals surface area contributed by atoms with E-state index in [1.165, 1.54) is 0 Å². The largest absolute Gasteiger partial charge is 0.458 e. The standard InChI is InChI=1S/C23H15Cl2F5N2O5/c1-3-7-32(21(34)35-8-4-2)37-20(33)16-11-15(6-5-13(16)12-31)36-19-17(24)9-14(10-18(19)25)22(26,27)23(28,29)30/h1,5-6,9-11H,4,7-8H2,2H3. The fourth-order valence-corrected chi connectivity index (χ4v) is 3.17. The Bertz CT molecular complexity index is 1250. The van der Waals surface area contributed by atoms with E-state index in [4.69, 9.17) is 43.9 Å². The highest BCUT2D eigenvalue weighted by atomic mass is 35.5. The second-order valence-electron chi connectivity index (χ2n) is 7.00. The molecule has 37 heavy (non-hydrogen) atoms. The SMILES string of the molecule is C#CCN(OC(=O)c1cc(Oc2c(Cl)cc(C(F)(F)C(F)(F)F)cc2Cl)ccc1C#N)C(=O)OCCC. The van der Waals surface area contributed by atoms with Gasteiger partial charge in [-0.15, -0.1) is 11.5 Å². The molecule has 0 bridgehead atoms. The molecule has 196 valence electrons. The fraction of sp³-hybridized carbons (Fsp3) is 0.261. The van der Waals surface area contributed by atoms with Gasteiger partial charge in [0.1, 0.15) is 18.4 Å². The molecule has 0 aliphatic rings. The fourth-order valence-electron chi connectivity index (χ4n) is 2.60. The minimum Gasteiger partial charge on any atom is -0.454 e. The van der Waals surface area contributed by atoms with Crippen LogP contribution in [0.5, 0.6) is 11.5 Å². The molecule has 0 heterocycles. The van der Waals surface area contributed by atoms with Crippen LogP contribution in [0.2, 0.25) is 10.0 Å². The average molecular weight is 565 g/mol. The second kappa shape index (κ2) is 12.0. The van der Waals surface area contributed by atoms with Gasteiger partial charge in [0.25, 0.3) is 0 Å². The zero-order valence-corrected chi connectivity index (χ0v) is 20.2. The van der Waals surface area contributed by atoms with Crippen LogP contribution < -0.4 is 4.74 Å². The van der Waals surface area contributed by atoms with Crippen LogP contribution in [0, 0.1) is 23.7 Å². The molecule has 0 aromatic heterocycles. The van der Waals surface area contributed by atoms with Crippen molar-refractivity contribution in [3.05, 3.63) is 57.1 Å². The first-order valence-electron chi connectivity index (χ1n) is 10.0. The van der Waals surface area contributed by atoms with E-state index in [-0.39, 0.29) is 17.9 Å². The number of halogens is 7. The summed E-state index contributed by atoms with van der Waals surface area (Å²) in [5, 5.41) is 8.38. The van der Waals surface area contributed by atoms with Crippen LogP contribution in [0.25, 0.3) is 0 Å². The number of amides is 1. The number of hydrogen-bond acceptors (Lipinski definition) is 6. The number of nitriles is 1. The van der Waals surface area contributed by atoms with Crippen LogP contribution in [-0.4, -0.2) is 36.5 Å². The van der Waals surface area contributed by atoms with Crippen LogP contribution in [-0.2, 0) is 15.5 Å². The highest BCUT2D eigenvalue weighted by Crippen LogP contribution is 2.47. The molecule has 2 aromatic carbocycles. The molecular formula is C23H15Cl2F5N2O5. The van der Waals surface area contributed by atoms with Crippen LogP contribution in [0.4, 0.5) is 26.7 Å². The summed E-state index contributed by atoms with van der Waals surface area (Å²) in [6, 6.07) is 5.62. The van der Waals surface area contributed by atoms with E-state index in [9.17, 15) is 36.8 Å². The summed E-state index contributed by atoms with van der Waals surface area (Å²) >= 11 is 11.7. The molecule has 0 N–H and O–H groups in total. The Morgan fingerprint density at radius 3 is 2.24 bits per heavy atom. The first kappa shape index (κ1) is 29.5. The molecule has 0 aliphatic heterocycles. The number of rotatable bonds is 7. The molecule has 0 unspecified atom stereocenters. The molecule has 2 rings (SSSR count). The van der Waals surface area contributed by atoms with Crippen LogP contribution >= 0.6 is 23.2 Å². The van der Waals surface area contributed by atoms with Gasteiger partial charge in [-0.1, -0.05) is 36.0 Å². The van der Waals surface area contributed by atoms with Crippen molar-refractivity contribution in [3.8, 4) is 29.9 Å². The van der Waals surface area contributed by atoms with Gasteiger partial charge in [-0.05, 0) is 36.8 Å². The molecule has 14 heteroatoms. The first-order valence-corrected chi connectivity index (χ1v) is 10.8. The van der Waals surface area contributed by atoms with Gasteiger partial charge in [-0.25, -0.2) is 9.59 Å². The van der Waals surface area contributed by atoms with Crippen molar-refractivity contribution < 1.29 is 45.9 Å². The Morgan fingerprint density at radius 1 is 1.11 bits per heavy atom. The molecule has 0 saturated heterocycles. The van der Waals surface area contributed by atoms with Crippen molar-refractivity contribution in [2.75, 3.05) is 13.2 Å². The Kier molecular flexibility index (Phi) is 9.56. The predicted molar refractivity (Wildman–Crippen MR) is 120 cm³/mol. The number of terminal acetylenes is 1. The Labute approximate surface area is 217 Å². The van der Waals surface area contributed by atoms with Gasteiger partial charge < -0.3 is 14.3 Å². The quantitative estimate of drug-likeness (QED) is 0.207. The minimum absolute atomic E-state index is 0.0133. The van der Waals surface area contributed by atoms with Gasteiger partial charge in [-0.3, -0.25) is 0 Å². The lowest BCUT2D eigenvalue weighted by molar-refractivity contribution is -0.289. The summed E-state index contributed by atoms with van der Waals surface area (Å²) in [5.74, 6) is -5.11. The maximum Gasteiger partial charge on any atom is 0.458 e. The lowest BCUT2D eigenvalue weighted by Gasteiger charge is -2.21. The highest BCUT2D eigenvalue weighted by Gasteiger charge is 2.59. The van der Waals surface area contributed by atoms with Crippen molar-refractivity contribution in [2.45, 2.75) is 25.4 Å². The summed E-state index contributed by atoms with van der Waals surface area (Å²) in [4.78, 5) is 29.7. The van der Waals surface area contributed by atoms with Gasteiger partial charge >= 0.3 is 24.2 Å². The summed E-state index contributed by atoms with van der Waals surface area (Å²) in [5.41, 5.74) is -2.16. The number of nitrogens with zero attached hydrogens (tertiary/aromatic N) is 2. The predicted octanol–water partition coefficient (Wildman–Crippen LogP) is 6.87. The molecular weight excluding hydrogens is 550 g/mol. The van der Waals surface area contributed by atoms with Crippen LogP contribution in [0.3, 0.4) is 0 Å². The van der Waals surface area contributed by atoms with Gasteiger partial charge in [0.2, 0.25) is 0 Å². The van der Waals surface area contributed by atoms with E-state index in [1.807, 2.05) is 0 Å². The Hall–Kier alpha value is -3.74. The van der Waals surface area contributed by atoms with E-state index in [0.29, 0.717) is 23.6 Å². The summed E-state index contributed by atoms with van der Waals surface area (Å²) < 4.78 is 75.7. The lowest BCUT2D eigenvalue weighted by atomic mass is 10.1. The number of alkyl halides is 5. The van der Waals surface area contributed by atoms with Gasteiger partial charge in [0.05, 0.1) is 27.8 Å². The van der Waals surface area contributed by atoms with Gasteiger partial charge in [-0.2, -0.15) is 27.2 Å². The molecule has 1 amide bonds. The highest BCUT2D eigenvalue weighted by molar-refractivity contribution is 6.37. The zero-order chi connectivity index (χ0) is 28.0. The minimum atomic E-state index is -5.90. The first-order chi connectivity index (χ1) is 17.3. The second-order valence-corrected chi connectivity index (χ2v) is 7.81. The Morgan fingerprint density at radius 2 is 1.73 bits per heavy atom. The summed E-state index contributed by atoms with van der Waals surface area (Å²) in [7, 11) is 0. The van der Waals surface area contributed by atoms with Crippen molar-refractivity contribution >= 4 is 35.3 Å². The third-order valence-corrected chi connectivity index (χ3v) is 4.89. The number of hydrogen-bond donors (Lipinski definition) is 0. The van der Waals surface area contributed by atoms with E-state index in [0.717, 1.165) is 18.2 Å². The van der Waals surface area contributed by atoms with Crippen LogP contribution in [0.1, 0.15) is 34.8 Å². The summed E-state index contributed by atoms with van der Waals surface area (Å²) in [6.45, 7) is 1.26. The number of benzene rings is 2. The molecule has 2 aromatic rings. The Balaban J connectivity index is 2.38. The third kappa shape index (κ3) is 6.94. The van der Waals surface area contributed by atoms with E-state index in [2.05, 4.69) is 5.92 Å². The molecule has 0 atom stereocenters. The van der Waals surface area contributed by atoms with E-state index >= 15 is 0 Å². The summed E-state index contributed by atoms with van der Waals surface area (Å²) in [6.07, 6.45) is -1.32. The zero-order valence-electron chi connectivity index (χ0n) is 18.7. The van der Waals surface area contributed by atoms with Crippen molar-refractivity contribution in [1.29, 1.82) is 5.26 Å². The average Bonchev–Trinajstić information content (AvgIpc) is 2.83. The number of carbonyl (C=O) groups excluding carboxylic acids is 2. The number of ether oxygens (including phenoxy) is 2. The molecule has 0 aliphatic carbocycles. The topological polar surface area (TPSA) is 88.9 Å². The normalized spacial score (nSPS) is 11.2. The maximum atomic E-state index is 13.7. The molecule has 0 fully saturated rings. The molecule has 7 nitrogen and oxygen atoms in total. The van der Waals surface area contributed by atoms with Crippen LogP contribution in [0.15, 0.2) is 30.3 Å².